The van der Waals surface area contributed by atoms with Gasteiger partial charge >= 0.3 is 0 Å². The van der Waals surface area contributed by atoms with Crippen molar-refractivity contribution in [3.05, 3.63) is 29.3 Å². The number of aryl methyl sites for hydroxylation is 2. The van der Waals surface area contributed by atoms with Crippen LogP contribution in [0.2, 0.25) is 0 Å². The molecule has 6 nitrogen and oxygen atoms in total. The van der Waals surface area contributed by atoms with Gasteiger partial charge in [-0.3, -0.25) is 9.10 Å². The number of hydrogen-bond acceptors (Lipinski definition) is 4. The SMILES string of the molecule is Cc1ccc(C)c(N(C(C)C(=O)NCCCN(C)C)S(C)(=O)=O)c1. The summed E-state index contributed by atoms with van der Waals surface area (Å²) in [5.74, 6) is -0.292. The van der Waals surface area contributed by atoms with E-state index in [9.17, 15) is 13.2 Å². The number of amides is 1. The Labute approximate surface area is 145 Å². The maximum Gasteiger partial charge on any atom is 0.243 e. The van der Waals surface area contributed by atoms with Crippen LogP contribution < -0.4 is 9.62 Å². The number of benzene rings is 1. The van der Waals surface area contributed by atoms with E-state index < -0.39 is 16.1 Å². The molecule has 1 atom stereocenters. The summed E-state index contributed by atoms with van der Waals surface area (Å²) in [6.07, 6.45) is 1.94. The first-order valence-electron chi connectivity index (χ1n) is 8.03. The van der Waals surface area contributed by atoms with E-state index in [2.05, 4.69) is 5.32 Å². The minimum absolute atomic E-state index is 0.292. The topological polar surface area (TPSA) is 69.7 Å². The highest BCUT2D eigenvalue weighted by Crippen LogP contribution is 2.26. The zero-order chi connectivity index (χ0) is 18.5. The lowest BCUT2D eigenvalue weighted by molar-refractivity contribution is -0.121. The van der Waals surface area contributed by atoms with Gasteiger partial charge < -0.3 is 10.2 Å². The van der Waals surface area contributed by atoms with Crippen molar-refractivity contribution in [2.24, 2.45) is 0 Å². The van der Waals surface area contributed by atoms with Crippen molar-refractivity contribution >= 4 is 21.6 Å². The lowest BCUT2D eigenvalue weighted by Gasteiger charge is -2.29. The van der Waals surface area contributed by atoms with Crippen LogP contribution >= 0.6 is 0 Å². The van der Waals surface area contributed by atoms with Crippen LogP contribution in [0.4, 0.5) is 5.69 Å². The molecule has 1 aromatic rings. The van der Waals surface area contributed by atoms with Crippen LogP contribution in [0.1, 0.15) is 24.5 Å². The van der Waals surface area contributed by atoms with Gasteiger partial charge in [0.2, 0.25) is 15.9 Å². The number of sulfonamides is 1. The Kier molecular flexibility index (Phi) is 7.23. The molecule has 1 rings (SSSR count). The summed E-state index contributed by atoms with van der Waals surface area (Å²) in [5.41, 5.74) is 2.31. The number of nitrogens with zero attached hydrogens (tertiary/aromatic N) is 2. The lowest BCUT2D eigenvalue weighted by Crippen LogP contribution is -2.48. The molecule has 1 N–H and O–H groups in total. The van der Waals surface area contributed by atoms with E-state index in [1.807, 2.05) is 45.0 Å². The maximum atomic E-state index is 12.4. The highest BCUT2D eigenvalue weighted by Gasteiger charge is 2.29. The Balaban J connectivity index is 2.97. The first-order chi connectivity index (χ1) is 11.0. The van der Waals surface area contributed by atoms with Crippen LogP contribution in [0.15, 0.2) is 18.2 Å². The van der Waals surface area contributed by atoms with Crippen molar-refractivity contribution < 1.29 is 13.2 Å². The summed E-state index contributed by atoms with van der Waals surface area (Å²) in [6.45, 7) is 6.74. The Morgan fingerprint density at radius 1 is 1.25 bits per heavy atom. The Morgan fingerprint density at radius 3 is 2.42 bits per heavy atom. The van der Waals surface area contributed by atoms with Crippen molar-refractivity contribution in [2.75, 3.05) is 37.7 Å². The van der Waals surface area contributed by atoms with Gasteiger partial charge in [0, 0.05) is 6.54 Å². The molecule has 0 radical (unpaired) electrons. The second kappa shape index (κ2) is 8.48. The minimum atomic E-state index is -3.58. The van der Waals surface area contributed by atoms with Crippen LogP contribution in [0.5, 0.6) is 0 Å². The van der Waals surface area contributed by atoms with Crippen molar-refractivity contribution in [3.8, 4) is 0 Å². The summed E-state index contributed by atoms with van der Waals surface area (Å²) < 4.78 is 25.8. The summed E-state index contributed by atoms with van der Waals surface area (Å²) in [4.78, 5) is 14.5. The summed E-state index contributed by atoms with van der Waals surface area (Å²) in [5, 5.41) is 2.82. The number of nitrogens with one attached hydrogen (secondary N) is 1. The minimum Gasteiger partial charge on any atom is -0.354 e. The lowest BCUT2D eigenvalue weighted by atomic mass is 10.1. The third-order valence-corrected chi connectivity index (χ3v) is 5.00. The third kappa shape index (κ3) is 5.79. The van der Waals surface area contributed by atoms with Gasteiger partial charge in [-0.2, -0.15) is 0 Å². The molecule has 0 fully saturated rings. The highest BCUT2D eigenvalue weighted by molar-refractivity contribution is 7.92. The molecule has 0 heterocycles. The predicted octanol–water partition coefficient (Wildman–Crippen LogP) is 1.53. The molecular formula is C17H29N3O3S. The summed E-state index contributed by atoms with van der Waals surface area (Å²) in [7, 11) is 0.356. The standard InChI is InChI=1S/C17H29N3O3S/c1-13-8-9-14(2)16(12-13)20(24(6,22)23)15(3)17(21)18-10-7-11-19(4)5/h8-9,12,15H,7,10-11H2,1-6H3,(H,18,21). The van der Waals surface area contributed by atoms with Crippen LogP contribution in [-0.4, -0.2) is 58.7 Å². The largest absolute Gasteiger partial charge is 0.354 e. The van der Waals surface area contributed by atoms with Gasteiger partial charge in [-0.05, 0) is 65.0 Å². The molecule has 24 heavy (non-hydrogen) atoms. The van der Waals surface area contributed by atoms with Crippen molar-refractivity contribution in [1.82, 2.24) is 10.2 Å². The number of carbonyl (C=O) groups is 1. The molecule has 1 amide bonds. The average Bonchev–Trinajstić information content (AvgIpc) is 2.45. The quantitative estimate of drug-likeness (QED) is 0.718. The van der Waals surface area contributed by atoms with Gasteiger partial charge in [0.15, 0.2) is 0 Å². The van der Waals surface area contributed by atoms with Crippen LogP contribution in [-0.2, 0) is 14.8 Å². The molecule has 0 aromatic heterocycles. The first-order valence-corrected chi connectivity index (χ1v) is 9.88. The van der Waals surface area contributed by atoms with Gasteiger partial charge in [0.1, 0.15) is 6.04 Å². The number of anilines is 1. The maximum absolute atomic E-state index is 12.4. The van der Waals surface area contributed by atoms with E-state index in [1.165, 1.54) is 4.31 Å². The van der Waals surface area contributed by atoms with Crippen LogP contribution in [0, 0.1) is 13.8 Å². The fraction of sp³-hybridized carbons (Fsp3) is 0.588. The van der Waals surface area contributed by atoms with E-state index in [1.54, 1.807) is 13.0 Å². The van der Waals surface area contributed by atoms with Gasteiger partial charge in [-0.15, -0.1) is 0 Å². The van der Waals surface area contributed by atoms with Gasteiger partial charge in [0.25, 0.3) is 0 Å². The number of carbonyl (C=O) groups excluding carboxylic acids is 1. The third-order valence-electron chi connectivity index (χ3n) is 3.77. The van der Waals surface area contributed by atoms with E-state index in [-0.39, 0.29) is 5.91 Å². The van der Waals surface area contributed by atoms with E-state index >= 15 is 0 Å². The Hall–Kier alpha value is -1.60. The van der Waals surface area contributed by atoms with E-state index in [4.69, 9.17) is 0 Å². The van der Waals surface area contributed by atoms with Crippen LogP contribution in [0.25, 0.3) is 0 Å². The van der Waals surface area contributed by atoms with E-state index in [0.717, 1.165) is 30.3 Å². The molecule has 0 aliphatic heterocycles. The molecule has 0 saturated heterocycles. The molecule has 1 aromatic carbocycles. The zero-order valence-corrected chi connectivity index (χ0v) is 16.3. The highest BCUT2D eigenvalue weighted by atomic mass is 32.2. The molecular weight excluding hydrogens is 326 g/mol. The molecule has 7 heteroatoms. The molecule has 0 aliphatic carbocycles. The summed E-state index contributed by atoms with van der Waals surface area (Å²) in [6, 6.07) is 4.78. The molecule has 0 saturated carbocycles. The number of rotatable bonds is 8. The smallest absolute Gasteiger partial charge is 0.243 e. The fourth-order valence-electron chi connectivity index (χ4n) is 2.49. The zero-order valence-electron chi connectivity index (χ0n) is 15.5. The second-order valence-electron chi connectivity index (χ2n) is 6.47. The monoisotopic (exact) mass is 355 g/mol. The average molecular weight is 356 g/mol. The molecule has 0 bridgehead atoms. The molecule has 1 unspecified atom stereocenters. The van der Waals surface area contributed by atoms with Gasteiger partial charge in [0.05, 0.1) is 11.9 Å². The molecule has 0 aliphatic rings. The van der Waals surface area contributed by atoms with E-state index in [0.29, 0.717) is 12.2 Å². The van der Waals surface area contributed by atoms with Crippen molar-refractivity contribution in [1.29, 1.82) is 0 Å². The molecule has 136 valence electrons. The molecule has 0 spiro atoms. The number of hydrogen-bond donors (Lipinski definition) is 1. The predicted molar refractivity (Wildman–Crippen MR) is 98.9 cm³/mol. The van der Waals surface area contributed by atoms with Gasteiger partial charge in [-0.25, -0.2) is 8.42 Å². The second-order valence-corrected chi connectivity index (χ2v) is 8.33. The first kappa shape index (κ1) is 20.4. The van der Waals surface area contributed by atoms with Crippen molar-refractivity contribution in [2.45, 2.75) is 33.2 Å². The summed E-state index contributed by atoms with van der Waals surface area (Å²) >= 11 is 0. The van der Waals surface area contributed by atoms with Crippen LogP contribution in [0.3, 0.4) is 0 Å². The fourth-order valence-corrected chi connectivity index (χ4v) is 3.72. The van der Waals surface area contributed by atoms with Crippen molar-refractivity contribution in [3.63, 3.8) is 0 Å². The normalized spacial score (nSPS) is 13.0. The van der Waals surface area contributed by atoms with Gasteiger partial charge in [-0.1, -0.05) is 12.1 Å². The Morgan fingerprint density at radius 2 is 1.88 bits per heavy atom. The Bertz CT molecular complexity index is 672.